The molecule has 2 heterocycles. The van der Waals surface area contributed by atoms with E-state index in [0.717, 1.165) is 16.9 Å². The highest BCUT2D eigenvalue weighted by atomic mass is 16.5. The highest BCUT2D eigenvalue weighted by Crippen LogP contribution is 2.32. The molecule has 0 spiro atoms. The quantitative estimate of drug-likeness (QED) is 0.869. The fourth-order valence-electron chi connectivity index (χ4n) is 3.65. The number of nitrogens with one attached hydrogen (secondary N) is 1. The molecule has 2 atom stereocenters. The van der Waals surface area contributed by atoms with Gasteiger partial charge in [-0.25, -0.2) is 0 Å². The van der Waals surface area contributed by atoms with Crippen molar-refractivity contribution in [1.82, 2.24) is 4.90 Å². The zero-order chi connectivity index (χ0) is 18.3. The maximum atomic E-state index is 13.1. The predicted molar refractivity (Wildman–Crippen MR) is 99.1 cm³/mol. The second-order valence-electron chi connectivity index (χ2n) is 6.78. The van der Waals surface area contributed by atoms with E-state index in [2.05, 4.69) is 5.32 Å². The van der Waals surface area contributed by atoms with Gasteiger partial charge in [0.2, 0.25) is 5.91 Å². The molecule has 26 heavy (non-hydrogen) atoms. The third-order valence-electron chi connectivity index (χ3n) is 5.14. The number of amides is 2. The summed E-state index contributed by atoms with van der Waals surface area (Å²) in [7, 11) is 1.62. The van der Waals surface area contributed by atoms with Crippen molar-refractivity contribution in [3.05, 3.63) is 48.0 Å². The monoisotopic (exact) mass is 351 g/mol. The zero-order valence-corrected chi connectivity index (χ0v) is 14.6. The number of hydrogen-bond donors (Lipinski definition) is 2. The molecule has 2 aliphatic heterocycles. The Labute approximate surface area is 151 Å². The molecule has 2 aromatic carbocycles. The normalized spacial score (nSPS) is 22.2. The van der Waals surface area contributed by atoms with Gasteiger partial charge in [-0.1, -0.05) is 18.2 Å². The summed E-state index contributed by atoms with van der Waals surface area (Å²) in [5.41, 5.74) is 8.97. The van der Waals surface area contributed by atoms with Gasteiger partial charge in [0.15, 0.2) is 0 Å². The second-order valence-corrected chi connectivity index (χ2v) is 6.78. The van der Waals surface area contributed by atoms with E-state index < -0.39 is 6.04 Å². The molecule has 6 nitrogen and oxygen atoms in total. The van der Waals surface area contributed by atoms with Crippen LogP contribution in [-0.2, 0) is 4.79 Å². The first kappa shape index (κ1) is 16.6. The largest absolute Gasteiger partial charge is 0.497 e. The summed E-state index contributed by atoms with van der Waals surface area (Å²) in [5.74, 6) is 0.495. The average molecular weight is 351 g/mol. The summed E-state index contributed by atoms with van der Waals surface area (Å²) in [5, 5.41) is 2.89. The van der Waals surface area contributed by atoms with E-state index in [4.69, 9.17) is 10.5 Å². The van der Waals surface area contributed by atoms with Crippen LogP contribution in [0.2, 0.25) is 0 Å². The minimum atomic E-state index is -0.497. The number of methoxy groups -OCH3 is 1. The molecule has 0 bridgehead atoms. The van der Waals surface area contributed by atoms with Gasteiger partial charge in [-0.3, -0.25) is 9.59 Å². The maximum absolute atomic E-state index is 13.1. The Bertz CT molecular complexity index is 863. The minimum absolute atomic E-state index is 0.0501. The number of nitrogens with zero attached hydrogens (tertiary/aromatic N) is 1. The number of fused-ring (bicyclic) bond motifs is 2. The van der Waals surface area contributed by atoms with Crippen LogP contribution in [0.25, 0.3) is 11.1 Å². The third kappa shape index (κ3) is 2.82. The Balaban J connectivity index is 1.72. The molecule has 0 saturated carbocycles. The number of carbonyl (C=O) groups excluding carboxylic acids is 2. The van der Waals surface area contributed by atoms with Crippen molar-refractivity contribution >= 4 is 17.5 Å². The van der Waals surface area contributed by atoms with Gasteiger partial charge < -0.3 is 20.7 Å². The molecule has 134 valence electrons. The minimum Gasteiger partial charge on any atom is -0.497 e. The van der Waals surface area contributed by atoms with Gasteiger partial charge >= 0.3 is 0 Å². The molecular formula is C20H21N3O3. The van der Waals surface area contributed by atoms with Crippen molar-refractivity contribution in [1.29, 1.82) is 0 Å². The van der Waals surface area contributed by atoms with Gasteiger partial charge in [-0.15, -0.1) is 0 Å². The van der Waals surface area contributed by atoms with Gasteiger partial charge in [-0.2, -0.15) is 0 Å². The van der Waals surface area contributed by atoms with E-state index in [9.17, 15) is 9.59 Å². The van der Waals surface area contributed by atoms with Crippen LogP contribution in [0.5, 0.6) is 5.75 Å². The fourth-order valence-corrected chi connectivity index (χ4v) is 3.65. The van der Waals surface area contributed by atoms with Crippen molar-refractivity contribution in [3.63, 3.8) is 0 Å². The summed E-state index contributed by atoms with van der Waals surface area (Å²) >= 11 is 0. The molecule has 3 N–H and O–H groups in total. The van der Waals surface area contributed by atoms with Gasteiger partial charge in [-0.05, 0) is 48.2 Å². The zero-order valence-electron chi connectivity index (χ0n) is 14.6. The summed E-state index contributed by atoms with van der Waals surface area (Å²) in [6.45, 7) is 0.504. The van der Waals surface area contributed by atoms with E-state index >= 15 is 0 Å². The van der Waals surface area contributed by atoms with Gasteiger partial charge in [0.25, 0.3) is 5.91 Å². The molecule has 0 aliphatic carbocycles. The lowest BCUT2D eigenvalue weighted by Gasteiger charge is -2.35. The Morgan fingerprint density at radius 1 is 1.12 bits per heavy atom. The SMILES string of the molecule is COc1ccc(-c2ccc3c(c2)C(=O)N2CCC(N)CC2C(=O)N3)cc1. The Morgan fingerprint density at radius 3 is 2.58 bits per heavy atom. The van der Waals surface area contributed by atoms with Crippen LogP contribution in [0, 0.1) is 0 Å². The summed E-state index contributed by atoms with van der Waals surface area (Å²) < 4.78 is 5.19. The van der Waals surface area contributed by atoms with Gasteiger partial charge in [0, 0.05) is 12.6 Å². The lowest BCUT2D eigenvalue weighted by atomic mass is 9.96. The van der Waals surface area contributed by atoms with Crippen molar-refractivity contribution in [2.45, 2.75) is 24.9 Å². The number of nitrogens with two attached hydrogens (primary N) is 1. The van der Waals surface area contributed by atoms with E-state index in [1.165, 1.54) is 0 Å². The van der Waals surface area contributed by atoms with Gasteiger partial charge in [0.1, 0.15) is 11.8 Å². The molecule has 0 aromatic heterocycles. The third-order valence-corrected chi connectivity index (χ3v) is 5.14. The van der Waals surface area contributed by atoms with E-state index in [0.29, 0.717) is 30.6 Å². The van der Waals surface area contributed by atoms with Crippen LogP contribution in [0.1, 0.15) is 23.2 Å². The highest BCUT2D eigenvalue weighted by molar-refractivity contribution is 6.10. The average Bonchev–Trinajstić information content (AvgIpc) is 2.77. The smallest absolute Gasteiger partial charge is 0.256 e. The molecule has 1 saturated heterocycles. The van der Waals surface area contributed by atoms with Crippen LogP contribution in [0.3, 0.4) is 0 Å². The molecule has 2 unspecified atom stereocenters. The lowest BCUT2D eigenvalue weighted by Crippen LogP contribution is -2.53. The van der Waals surface area contributed by atoms with Crippen LogP contribution in [0.4, 0.5) is 5.69 Å². The lowest BCUT2D eigenvalue weighted by molar-refractivity contribution is -0.121. The number of benzene rings is 2. The predicted octanol–water partition coefficient (Wildman–Crippen LogP) is 2.25. The van der Waals surface area contributed by atoms with Crippen LogP contribution in [-0.4, -0.2) is 42.5 Å². The first-order valence-electron chi connectivity index (χ1n) is 8.72. The standard InChI is InChI=1S/C20H21N3O3/c1-26-15-5-2-12(3-6-15)13-4-7-17-16(10-13)20(25)23-9-8-14(21)11-18(23)19(24)22-17/h2-7,10,14,18H,8-9,11,21H2,1H3,(H,22,24). The molecule has 2 aliphatic rings. The van der Waals surface area contributed by atoms with Crippen molar-refractivity contribution in [3.8, 4) is 16.9 Å². The number of rotatable bonds is 2. The molecular weight excluding hydrogens is 330 g/mol. The van der Waals surface area contributed by atoms with Crippen molar-refractivity contribution < 1.29 is 14.3 Å². The molecule has 1 fully saturated rings. The molecule has 6 heteroatoms. The summed E-state index contributed by atoms with van der Waals surface area (Å²) in [4.78, 5) is 27.3. The first-order valence-corrected chi connectivity index (χ1v) is 8.72. The van der Waals surface area contributed by atoms with E-state index in [1.807, 2.05) is 36.4 Å². The number of anilines is 1. The molecule has 0 radical (unpaired) electrons. The van der Waals surface area contributed by atoms with Crippen LogP contribution in [0.15, 0.2) is 42.5 Å². The Hall–Kier alpha value is -2.86. The first-order chi connectivity index (χ1) is 12.6. The van der Waals surface area contributed by atoms with Gasteiger partial charge in [0.05, 0.1) is 18.4 Å². The van der Waals surface area contributed by atoms with Crippen LogP contribution >= 0.6 is 0 Å². The molecule has 4 rings (SSSR count). The van der Waals surface area contributed by atoms with E-state index in [1.54, 1.807) is 18.1 Å². The van der Waals surface area contributed by atoms with Crippen molar-refractivity contribution in [2.24, 2.45) is 5.73 Å². The summed E-state index contributed by atoms with van der Waals surface area (Å²) in [6, 6.07) is 12.7. The fraction of sp³-hybridized carbons (Fsp3) is 0.300. The van der Waals surface area contributed by atoms with E-state index in [-0.39, 0.29) is 17.9 Å². The highest BCUT2D eigenvalue weighted by Gasteiger charge is 2.38. The molecule has 2 aromatic rings. The second kappa shape index (κ2) is 6.46. The molecule has 2 amide bonds. The Kier molecular flexibility index (Phi) is 4.12. The summed E-state index contributed by atoms with van der Waals surface area (Å²) in [6.07, 6.45) is 1.21. The van der Waals surface area contributed by atoms with Crippen LogP contribution < -0.4 is 15.8 Å². The topological polar surface area (TPSA) is 84.7 Å². The number of hydrogen-bond acceptors (Lipinski definition) is 4. The number of ether oxygens (including phenoxy) is 1. The Morgan fingerprint density at radius 2 is 1.85 bits per heavy atom. The number of carbonyl (C=O) groups is 2. The maximum Gasteiger partial charge on any atom is 0.256 e. The number of piperidine rings is 1. The van der Waals surface area contributed by atoms with Crippen molar-refractivity contribution in [2.75, 3.05) is 19.0 Å².